The van der Waals surface area contributed by atoms with Crippen LogP contribution in [0.5, 0.6) is 0 Å². The summed E-state index contributed by atoms with van der Waals surface area (Å²) in [6, 6.07) is 4.56. The Bertz CT molecular complexity index is 429. The number of carbonyl (C=O) groups excluding carboxylic acids is 2. The smallest absolute Gasteiger partial charge is 0.290 e. The predicted octanol–water partition coefficient (Wildman–Crippen LogP) is 1.04. The second-order valence-corrected chi connectivity index (χ2v) is 2.85. The summed E-state index contributed by atoms with van der Waals surface area (Å²) >= 11 is 0. The number of nitrogens with two attached hydrogens (primary N) is 1. The second-order valence-electron chi connectivity index (χ2n) is 2.85. The molecule has 0 aliphatic heterocycles. The van der Waals surface area contributed by atoms with E-state index in [1.165, 1.54) is 12.1 Å². The number of nitrogens with one attached hydrogen (secondary N) is 1. The fourth-order valence-electron chi connectivity index (χ4n) is 1.11. The fourth-order valence-corrected chi connectivity index (χ4v) is 1.11. The van der Waals surface area contributed by atoms with Crippen molar-refractivity contribution in [1.82, 2.24) is 5.43 Å². The Balaban J connectivity index is 3.24. The van der Waals surface area contributed by atoms with Gasteiger partial charge in [-0.15, -0.1) is 0 Å². The Labute approximate surface area is 88.2 Å². The highest BCUT2D eigenvalue weighted by Crippen LogP contribution is 2.23. The molecule has 1 aromatic carbocycles. The third-order valence-corrected chi connectivity index (χ3v) is 1.80. The van der Waals surface area contributed by atoms with Gasteiger partial charge in [-0.05, 0) is 6.07 Å². The molecule has 0 saturated carbocycles. The van der Waals surface area contributed by atoms with Gasteiger partial charge in [0.15, 0.2) is 0 Å². The molecular weight excluding hydrogens is 225 g/mol. The number of Topliss-reactive ketones (excluding diaryl/α,β-unsaturated/α-hetero) is 1. The van der Waals surface area contributed by atoms with E-state index in [4.69, 9.17) is 5.84 Å². The van der Waals surface area contributed by atoms with Crippen molar-refractivity contribution in [1.29, 1.82) is 0 Å². The van der Waals surface area contributed by atoms with Gasteiger partial charge < -0.3 is 0 Å². The molecule has 0 unspecified atom stereocenters. The molecule has 0 atom stereocenters. The van der Waals surface area contributed by atoms with E-state index < -0.39 is 29.0 Å². The van der Waals surface area contributed by atoms with Crippen molar-refractivity contribution in [2.24, 2.45) is 5.84 Å². The van der Waals surface area contributed by atoms with Gasteiger partial charge in [0, 0.05) is 5.56 Å². The number of halogens is 3. The lowest BCUT2D eigenvalue weighted by molar-refractivity contribution is -0.0885. The predicted molar refractivity (Wildman–Crippen MR) is 48.5 cm³/mol. The third kappa shape index (κ3) is 2.37. The molecule has 0 aliphatic carbocycles. The SMILES string of the molecule is NNC(=O)c1ccccc1C(=O)C(F)(F)F. The summed E-state index contributed by atoms with van der Waals surface area (Å²) in [6.07, 6.45) is -5.02. The minimum Gasteiger partial charge on any atom is -0.290 e. The van der Waals surface area contributed by atoms with Crippen molar-refractivity contribution in [3.8, 4) is 0 Å². The molecule has 4 nitrogen and oxygen atoms in total. The summed E-state index contributed by atoms with van der Waals surface area (Å²) in [7, 11) is 0. The van der Waals surface area contributed by atoms with Crippen molar-refractivity contribution < 1.29 is 22.8 Å². The van der Waals surface area contributed by atoms with Gasteiger partial charge in [-0.25, -0.2) is 5.84 Å². The number of nitrogen functional groups attached to an aromatic ring is 1. The minimum absolute atomic E-state index is 0.410. The number of hydrogen-bond acceptors (Lipinski definition) is 3. The van der Waals surface area contributed by atoms with Crippen molar-refractivity contribution >= 4 is 11.7 Å². The van der Waals surface area contributed by atoms with Crippen LogP contribution in [0.4, 0.5) is 13.2 Å². The highest BCUT2D eigenvalue weighted by Gasteiger charge is 2.40. The van der Waals surface area contributed by atoms with Crippen LogP contribution in [0.2, 0.25) is 0 Å². The molecule has 0 aliphatic rings. The standard InChI is InChI=1S/C9H7F3N2O2/c10-9(11,12)7(15)5-3-1-2-4-6(5)8(16)14-13/h1-4H,13H2,(H,14,16). The molecule has 0 heterocycles. The molecule has 0 fully saturated rings. The fraction of sp³-hybridized carbons (Fsp3) is 0.111. The third-order valence-electron chi connectivity index (χ3n) is 1.80. The largest absolute Gasteiger partial charge is 0.454 e. The monoisotopic (exact) mass is 232 g/mol. The van der Waals surface area contributed by atoms with Crippen LogP contribution in [0.25, 0.3) is 0 Å². The van der Waals surface area contributed by atoms with Crippen LogP contribution in [0, 0.1) is 0 Å². The highest BCUT2D eigenvalue weighted by atomic mass is 19.4. The normalized spacial score (nSPS) is 11.0. The first-order chi connectivity index (χ1) is 7.38. The minimum atomic E-state index is -5.02. The summed E-state index contributed by atoms with van der Waals surface area (Å²) < 4.78 is 36.5. The quantitative estimate of drug-likeness (QED) is 0.346. The number of hydrogen-bond donors (Lipinski definition) is 2. The van der Waals surface area contributed by atoms with Crippen LogP contribution < -0.4 is 11.3 Å². The first-order valence-corrected chi connectivity index (χ1v) is 4.09. The average Bonchev–Trinajstić information content (AvgIpc) is 2.25. The van der Waals surface area contributed by atoms with Gasteiger partial charge in [0.05, 0.1) is 5.56 Å². The molecular formula is C9H7F3N2O2. The van der Waals surface area contributed by atoms with Crippen molar-refractivity contribution in [2.45, 2.75) is 6.18 Å². The molecule has 86 valence electrons. The van der Waals surface area contributed by atoms with Crippen LogP contribution in [0.1, 0.15) is 20.7 Å². The molecule has 1 amide bonds. The molecule has 1 rings (SSSR count). The van der Waals surface area contributed by atoms with Gasteiger partial charge in [-0.3, -0.25) is 15.0 Å². The summed E-state index contributed by atoms with van der Waals surface area (Å²) in [5, 5.41) is 0. The molecule has 0 bridgehead atoms. The number of hydrazine groups is 1. The zero-order chi connectivity index (χ0) is 12.3. The number of rotatable bonds is 2. The van der Waals surface area contributed by atoms with Gasteiger partial charge in [-0.2, -0.15) is 13.2 Å². The van der Waals surface area contributed by atoms with Gasteiger partial charge in [0.25, 0.3) is 11.7 Å². The zero-order valence-electron chi connectivity index (χ0n) is 7.84. The van der Waals surface area contributed by atoms with Gasteiger partial charge in [0.1, 0.15) is 0 Å². The Morgan fingerprint density at radius 1 is 1.12 bits per heavy atom. The second kappa shape index (κ2) is 4.31. The van der Waals surface area contributed by atoms with Crippen LogP contribution in [-0.4, -0.2) is 17.9 Å². The molecule has 16 heavy (non-hydrogen) atoms. The van der Waals surface area contributed by atoms with Gasteiger partial charge in [-0.1, -0.05) is 18.2 Å². The van der Waals surface area contributed by atoms with E-state index in [-0.39, 0.29) is 0 Å². The summed E-state index contributed by atoms with van der Waals surface area (Å²) in [5.74, 6) is 1.76. The summed E-state index contributed by atoms with van der Waals surface area (Å²) in [4.78, 5) is 22.1. The van der Waals surface area contributed by atoms with Crippen LogP contribution in [0.3, 0.4) is 0 Å². The number of amides is 1. The van der Waals surface area contributed by atoms with Crippen LogP contribution >= 0.6 is 0 Å². The van der Waals surface area contributed by atoms with E-state index in [1.54, 1.807) is 5.43 Å². The number of benzene rings is 1. The topological polar surface area (TPSA) is 72.2 Å². The number of carbonyl (C=O) groups is 2. The highest BCUT2D eigenvalue weighted by molar-refractivity contribution is 6.09. The molecule has 0 aromatic heterocycles. The molecule has 0 radical (unpaired) electrons. The molecule has 0 saturated heterocycles. The van der Waals surface area contributed by atoms with E-state index >= 15 is 0 Å². The van der Waals surface area contributed by atoms with Gasteiger partial charge in [0.2, 0.25) is 0 Å². The molecule has 7 heteroatoms. The van der Waals surface area contributed by atoms with E-state index in [0.29, 0.717) is 0 Å². The lowest BCUT2D eigenvalue weighted by Gasteiger charge is -2.09. The van der Waals surface area contributed by atoms with E-state index in [9.17, 15) is 22.8 Å². The first kappa shape index (κ1) is 12.2. The van der Waals surface area contributed by atoms with E-state index in [0.717, 1.165) is 12.1 Å². The Kier molecular flexibility index (Phi) is 3.28. The van der Waals surface area contributed by atoms with Crippen molar-refractivity contribution in [2.75, 3.05) is 0 Å². The molecule has 3 N–H and O–H groups in total. The van der Waals surface area contributed by atoms with Crippen molar-refractivity contribution in [3.63, 3.8) is 0 Å². The van der Waals surface area contributed by atoms with Gasteiger partial charge >= 0.3 is 6.18 Å². The van der Waals surface area contributed by atoms with Crippen LogP contribution in [-0.2, 0) is 0 Å². The lowest BCUT2D eigenvalue weighted by Crippen LogP contribution is -2.33. The first-order valence-electron chi connectivity index (χ1n) is 4.09. The molecule has 1 aromatic rings. The Morgan fingerprint density at radius 2 is 1.62 bits per heavy atom. The maximum absolute atomic E-state index is 12.2. The average molecular weight is 232 g/mol. The lowest BCUT2D eigenvalue weighted by atomic mass is 10.0. The van der Waals surface area contributed by atoms with Crippen LogP contribution in [0.15, 0.2) is 24.3 Å². The van der Waals surface area contributed by atoms with E-state index in [2.05, 4.69) is 0 Å². The van der Waals surface area contributed by atoms with Crippen molar-refractivity contribution in [3.05, 3.63) is 35.4 Å². The summed E-state index contributed by atoms with van der Waals surface area (Å²) in [6.45, 7) is 0. The number of ketones is 1. The Morgan fingerprint density at radius 3 is 2.06 bits per heavy atom. The Hall–Kier alpha value is -1.89. The zero-order valence-corrected chi connectivity index (χ0v) is 7.84. The molecule has 0 spiro atoms. The summed E-state index contributed by atoms with van der Waals surface area (Å²) in [5.41, 5.74) is 0.535. The maximum atomic E-state index is 12.2. The number of alkyl halides is 3. The van der Waals surface area contributed by atoms with E-state index in [1.807, 2.05) is 0 Å². The maximum Gasteiger partial charge on any atom is 0.454 e.